The molecule has 2 aliphatic carbocycles. The third-order valence-electron chi connectivity index (χ3n) is 9.49. The fourth-order valence-electron chi connectivity index (χ4n) is 7.30. The maximum atomic E-state index is 12.9. The van der Waals surface area contributed by atoms with Crippen LogP contribution >= 0.6 is 0 Å². The molecule has 30 heavy (non-hydrogen) atoms. The molecule has 5 rings (SSSR count). The molecule has 0 radical (unpaired) electrons. The molecule has 5 heteroatoms. The predicted molar refractivity (Wildman–Crippen MR) is 117 cm³/mol. The molecule has 0 aromatic rings. The van der Waals surface area contributed by atoms with Crippen LogP contribution in [0.4, 0.5) is 0 Å². The Morgan fingerprint density at radius 1 is 1.13 bits per heavy atom. The predicted octanol–water partition coefficient (Wildman–Crippen LogP) is 3.22. The lowest BCUT2D eigenvalue weighted by atomic mass is 9.55. The number of carbonyl (C=O) groups is 1. The van der Waals surface area contributed by atoms with Gasteiger partial charge in [-0.3, -0.25) is 4.79 Å². The topological polar surface area (TPSA) is 53.0 Å². The van der Waals surface area contributed by atoms with Gasteiger partial charge in [0, 0.05) is 30.3 Å². The quantitative estimate of drug-likeness (QED) is 0.566. The van der Waals surface area contributed by atoms with E-state index in [1.54, 1.807) is 0 Å². The smallest absolute Gasteiger partial charge is 0.311 e. The first kappa shape index (κ1) is 21.0. The van der Waals surface area contributed by atoms with Crippen LogP contribution in [-0.2, 0) is 9.53 Å². The number of carbonyl (C=O) groups excluding carboxylic acids is 1. The average Bonchev–Trinajstić information content (AvgIpc) is 3.07. The van der Waals surface area contributed by atoms with E-state index in [0.717, 1.165) is 44.9 Å². The molecule has 168 valence electrons. The number of aliphatic hydroxyl groups excluding tert-OH is 1. The van der Waals surface area contributed by atoms with Crippen molar-refractivity contribution in [2.24, 2.45) is 23.2 Å². The number of ether oxygens (including phenoxy) is 1. The van der Waals surface area contributed by atoms with Gasteiger partial charge in [0.25, 0.3) is 0 Å². The maximum Gasteiger partial charge on any atom is 0.311 e. The molecule has 1 N–H and O–H groups in total. The second-order valence-electron chi connectivity index (χ2n) is 10.9. The number of piperidine rings is 2. The second-order valence-corrected chi connectivity index (χ2v) is 10.9. The zero-order chi connectivity index (χ0) is 20.9. The first-order valence-electron chi connectivity index (χ1n) is 12.5. The van der Waals surface area contributed by atoms with Crippen LogP contribution in [0.15, 0.2) is 11.6 Å². The largest absolute Gasteiger partial charge is 0.461 e. The van der Waals surface area contributed by atoms with E-state index < -0.39 is 6.10 Å². The van der Waals surface area contributed by atoms with E-state index in [1.807, 2.05) is 0 Å². The molecule has 5 aliphatic rings. The molecule has 0 amide bonds. The van der Waals surface area contributed by atoms with Gasteiger partial charge in [-0.2, -0.15) is 0 Å². The normalized spacial score (nSPS) is 43.6. The number of hydrogen-bond donors (Lipinski definition) is 1. The van der Waals surface area contributed by atoms with Crippen molar-refractivity contribution >= 4 is 5.97 Å². The van der Waals surface area contributed by atoms with Crippen molar-refractivity contribution in [1.82, 2.24) is 9.80 Å². The number of esters is 1. The standard InChI is InChI=1S/C25H40N2O3/c1-17-7-6-8-18-15-21-22(23(28)25(17,18)2)20(24(29)30-21)16-26-13-9-19(10-14-26)27-11-4-3-5-12-27/h8,17,19-23,28H,3-7,9-16H2,1-2H3/t17-,20-,21-,22-,23-,25-/m1/s1. The Bertz CT molecular complexity index is 680. The van der Waals surface area contributed by atoms with Gasteiger partial charge < -0.3 is 19.6 Å². The number of likely N-dealkylation sites (tertiary alicyclic amines) is 2. The third-order valence-corrected chi connectivity index (χ3v) is 9.49. The minimum atomic E-state index is -0.486. The summed E-state index contributed by atoms with van der Waals surface area (Å²) in [6.45, 7) is 9.92. The molecule has 0 aromatic heterocycles. The average molecular weight is 417 g/mol. The summed E-state index contributed by atoms with van der Waals surface area (Å²) >= 11 is 0. The molecule has 3 heterocycles. The van der Waals surface area contributed by atoms with E-state index in [9.17, 15) is 9.90 Å². The molecule has 0 spiro atoms. The Morgan fingerprint density at radius 3 is 2.60 bits per heavy atom. The first-order chi connectivity index (χ1) is 14.5. The van der Waals surface area contributed by atoms with Gasteiger partial charge >= 0.3 is 5.97 Å². The zero-order valence-electron chi connectivity index (χ0n) is 18.9. The molecule has 0 aromatic carbocycles. The van der Waals surface area contributed by atoms with Crippen molar-refractivity contribution in [3.8, 4) is 0 Å². The van der Waals surface area contributed by atoms with Crippen molar-refractivity contribution in [2.45, 2.75) is 83.5 Å². The Labute approximate surface area is 181 Å². The van der Waals surface area contributed by atoms with Crippen molar-refractivity contribution in [3.05, 3.63) is 11.6 Å². The minimum Gasteiger partial charge on any atom is -0.461 e. The highest BCUT2D eigenvalue weighted by Gasteiger charge is 2.59. The van der Waals surface area contributed by atoms with Crippen LogP contribution in [0, 0.1) is 23.2 Å². The van der Waals surface area contributed by atoms with Crippen LogP contribution < -0.4 is 0 Å². The van der Waals surface area contributed by atoms with Gasteiger partial charge in [0.15, 0.2) is 0 Å². The van der Waals surface area contributed by atoms with Crippen LogP contribution in [0.2, 0.25) is 0 Å². The van der Waals surface area contributed by atoms with Gasteiger partial charge in [0.05, 0.1) is 12.0 Å². The van der Waals surface area contributed by atoms with E-state index in [1.165, 1.54) is 50.8 Å². The number of nitrogens with zero attached hydrogens (tertiary/aromatic N) is 2. The number of rotatable bonds is 3. The van der Waals surface area contributed by atoms with Crippen LogP contribution in [0.3, 0.4) is 0 Å². The minimum absolute atomic E-state index is 0.0555. The molecule has 4 fully saturated rings. The van der Waals surface area contributed by atoms with Gasteiger partial charge in [0.1, 0.15) is 6.10 Å². The highest BCUT2D eigenvalue weighted by molar-refractivity contribution is 5.76. The zero-order valence-corrected chi connectivity index (χ0v) is 18.9. The van der Waals surface area contributed by atoms with E-state index in [-0.39, 0.29) is 29.3 Å². The van der Waals surface area contributed by atoms with Gasteiger partial charge in [-0.05, 0) is 70.6 Å². The highest BCUT2D eigenvalue weighted by Crippen LogP contribution is 2.56. The molecule has 3 saturated heterocycles. The van der Waals surface area contributed by atoms with Crippen LogP contribution in [-0.4, -0.2) is 71.8 Å². The Morgan fingerprint density at radius 2 is 1.87 bits per heavy atom. The second kappa shape index (κ2) is 8.22. The molecule has 1 saturated carbocycles. The van der Waals surface area contributed by atoms with Crippen molar-refractivity contribution < 1.29 is 14.6 Å². The van der Waals surface area contributed by atoms with E-state index in [4.69, 9.17) is 4.74 Å². The Hall–Kier alpha value is -0.910. The monoisotopic (exact) mass is 416 g/mol. The van der Waals surface area contributed by atoms with Crippen molar-refractivity contribution in [2.75, 3.05) is 32.7 Å². The molecular formula is C25H40N2O3. The van der Waals surface area contributed by atoms with Crippen LogP contribution in [0.5, 0.6) is 0 Å². The maximum absolute atomic E-state index is 12.9. The number of fused-ring (bicyclic) bond motifs is 2. The number of aliphatic hydroxyl groups is 1. The SMILES string of the molecule is C[C@@H]1CCC=C2C[C@H]3OC(=O)[C@H](CN4CCC(N5CCCCC5)CC4)[C@H]3[C@@H](O)[C@@]21C. The summed E-state index contributed by atoms with van der Waals surface area (Å²) in [4.78, 5) is 18.0. The summed E-state index contributed by atoms with van der Waals surface area (Å²) in [5.74, 6) is 0.145. The van der Waals surface area contributed by atoms with Gasteiger partial charge in [-0.25, -0.2) is 0 Å². The van der Waals surface area contributed by atoms with E-state index >= 15 is 0 Å². The van der Waals surface area contributed by atoms with Gasteiger partial charge in [-0.15, -0.1) is 0 Å². The number of hydrogen-bond acceptors (Lipinski definition) is 5. The molecule has 5 nitrogen and oxygen atoms in total. The third kappa shape index (κ3) is 3.45. The summed E-state index contributed by atoms with van der Waals surface area (Å²) in [6.07, 6.45) is 11.2. The summed E-state index contributed by atoms with van der Waals surface area (Å²) < 4.78 is 5.86. The lowest BCUT2D eigenvalue weighted by Crippen LogP contribution is -2.55. The molecule has 6 atom stereocenters. The van der Waals surface area contributed by atoms with Crippen LogP contribution in [0.1, 0.15) is 65.2 Å². The van der Waals surface area contributed by atoms with Crippen molar-refractivity contribution in [3.63, 3.8) is 0 Å². The molecule has 0 bridgehead atoms. The fourth-order valence-corrected chi connectivity index (χ4v) is 7.30. The number of allylic oxidation sites excluding steroid dienone is 1. The summed E-state index contributed by atoms with van der Waals surface area (Å²) in [5.41, 5.74) is 1.12. The van der Waals surface area contributed by atoms with Gasteiger partial charge in [0.2, 0.25) is 0 Å². The molecule has 3 aliphatic heterocycles. The lowest BCUT2D eigenvalue weighted by molar-refractivity contribution is -0.145. The van der Waals surface area contributed by atoms with E-state index in [2.05, 4.69) is 29.7 Å². The summed E-state index contributed by atoms with van der Waals surface area (Å²) in [7, 11) is 0. The van der Waals surface area contributed by atoms with E-state index in [0.29, 0.717) is 5.92 Å². The summed E-state index contributed by atoms with van der Waals surface area (Å²) in [5, 5.41) is 11.5. The Balaban J connectivity index is 1.25. The molecular weight excluding hydrogens is 376 g/mol. The fraction of sp³-hybridized carbons (Fsp3) is 0.880. The molecule has 0 unspecified atom stereocenters. The summed E-state index contributed by atoms with van der Waals surface area (Å²) in [6, 6.07) is 0.722. The van der Waals surface area contributed by atoms with Gasteiger partial charge in [-0.1, -0.05) is 31.9 Å². The lowest BCUT2D eigenvalue weighted by Gasteiger charge is -2.52. The van der Waals surface area contributed by atoms with Crippen LogP contribution in [0.25, 0.3) is 0 Å². The van der Waals surface area contributed by atoms with Crippen molar-refractivity contribution in [1.29, 1.82) is 0 Å². The first-order valence-corrected chi connectivity index (χ1v) is 12.5. The highest BCUT2D eigenvalue weighted by atomic mass is 16.6. The Kier molecular flexibility index (Phi) is 5.74.